The highest BCUT2D eigenvalue weighted by atomic mass is 16.1. The van der Waals surface area contributed by atoms with Gasteiger partial charge in [0.15, 0.2) is 5.78 Å². The van der Waals surface area contributed by atoms with Gasteiger partial charge in [-0.25, -0.2) is 0 Å². The van der Waals surface area contributed by atoms with E-state index in [1.807, 2.05) is 30.3 Å². The molecule has 0 fully saturated rings. The van der Waals surface area contributed by atoms with E-state index in [-0.39, 0.29) is 23.5 Å². The van der Waals surface area contributed by atoms with Gasteiger partial charge in [-0.1, -0.05) is 96.1 Å². The minimum atomic E-state index is -0.183. The van der Waals surface area contributed by atoms with Gasteiger partial charge in [0.05, 0.1) is 0 Å². The zero-order chi connectivity index (χ0) is 24.1. The van der Waals surface area contributed by atoms with Gasteiger partial charge < -0.3 is 5.32 Å². The quantitative estimate of drug-likeness (QED) is 0.375. The van der Waals surface area contributed by atoms with E-state index in [4.69, 9.17) is 0 Å². The molecule has 0 aromatic heterocycles. The minimum absolute atomic E-state index is 0.0181. The van der Waals surface area contributed by atoms with Crippen LogP contribution >= 0.6 is 0 Å². The topological polar surface area (TPSA) is 46.2 Å². The number of carbonyl (C=O) groups is 2. The molecule has 172 valence electrons. The first-order chi connectivity index (χ1) is 15.7. The van der Waals surface area contributed by atoms with Crippen LogP contribution in [-0.4, -0.2) is 11.7 Å². The summed E-state index contributed by atoms with van der Waals surface area (Å²) in [4.78, 5) is 26.6. The van der Waals surface area contributed by atoms with Gasteiger partial charge in [-0.05, 0) is 52.1 Å². The fraction of sp³-hybridized carbons (Fsp3) is 0.333. The zero-order valence-electron chi connectivity index (χ0n) is 20.6. The van der Waals surface area contributed by atoms with E-state index in [9.17, 15) is 9.59 Å². The summed E-state index contributed by atoms with van der Waals surface area (Å²) in [7, 11) is 0. The molecule has 0 saturated heterocycles. The maximum atomic E-state index is 13.8. The van der Waals surface area contributed by atoms with E-state index >= 15 is 0 Å². The van der Waals surface area contributed by atoms with Gasteiger partial charge in [-0.15, -0.1) is 0 Å². The molecule has 0 saturated carbocycles. The van der Waals surface area contributed by atoms with Crippen LogP contribution in [0.2, 0.25) is 0 Å². The first-order valence-electron chi connectivity index (χ1n) is 11.8. The molecule has 0 unspecified atom stereocenters. The molecule has 3 nitrogen and oxygen atoms in total. The molecule has 0 radical (unpaired) electrons. The molecule has 1 amide bonds. The van der Waals surface area contributed by atoms with Crippen LogP contribution in [0.3, 0.4) is 0 Å². The molecule has 0 aliphatic carbocycles. The van der Waals surface area contributed by atoms with Crippen LogP contribution in [0.4, 0.5) is 0 Å². The monoisotopic (exact) mass is 441 g/mol. The molecule has 0 atom stereocenters. The Bertz CT molecular complexity index is 1100. The van der Waals surface area contributed by atoms with Gasteiger partial charge in [0.25, 0.3) is 5.91 Å². The second-order valence-corrected chi connectivity index (χ2v) is 9.62. The SMILES string of the molecule is CC(C)c1cc(C(C)C)c(C(=O)c2cccc(C(=O)NCc3ccccc3)c2)c(C(C)C)c1. The first-order valence-corrected chi connectivity index (χ1v) is 11.8. The van der Waals surface area contributed by atoms with Crippen molar-refractivity contribution in [1.82, 2.24) is 5.32 Å². The van der Waals surface area contributed by atoms with Crippen molar-refractivity contribution in [3.63, 3.8) is 0 Å². The summed E-state index contributed by atoms with van der Waals surface area (Å²) < 4.78 is 0. The molecular formula is C30H35NO2. The Morgan fingerprint density at radius 2 is 1.27 bits per heavy atom. The van der Waals surface area contributed by atoms with Crippen molar-refractivity contribution in [2.24, 2.45) is 0 Å². The van der Waals surface area contributed by atoms with Crippen LogP contribution < -0.4 is 5.32 Å². The van der Waals surface area contributed by atoms with Crippen molar-refractivity contribution in [2.45, 2.75) is 65.8 Å². The lowest BCUT2D eigenvalue weighted by Gasteiger charge is -2.22. The molecule has 0 aliphatic rings. The van der Waals surface area contributed by atoms with Gasteiger partial charge in [0.1, 0.15) is 0 Å². The predicted molar refractivity (Wildman–Crippen MR) is 136 cm³/mol. The molecule has 0 bridgehead atoms. The molecule has 0 aliphatic heterocycles. The van der Waals surface area contributed by atoms with Crippen molar-refractivity contribution in [3.8, 4) is 0 Å². The van der Waals surface area contributed by atoms with Crippen LogP contribution in [0.15, 0.2) is 66.7 Å². The number of nitrogens with one attached hydrogen (secondary N) is 1. The van der Waals surface area contributed by atoms with Crippen molar-refractivity contribution >= 4 is 11.7 Å². The minimum Gasteiger partial charge on any atom is -0.348 e. The first kappa shape index (κ1) is 24.4. The lowest BCUT2D eigenvalue weighted by Crippen LogP contribution is -2.23. The maximum Gasteiger partial charge on any atom is 0.251 e. The molecule has 3 aromatic carbocycles. The van der Waals surface area contributed by atoms with Crippen LogP contribution in [0.1, 0.15) is 108 Å². The number of carbonyl (C=O) groups excluding carboxylic acids is 2. The molecular weight excluding hydrogens is 406 g/mol. The Morgan fingerprint density at radius 3 is 1.82 bits per heavy atom. The third kappa shape index (κ3) is 5.78. The van der Waals surface area contributed by atoms with E-state index in [1.165, 1.54) is 5.56 Å². The fourth-order valence-corrected chi connectivity index (χ4v) is 4.04. The molecule has 0 spiro atoms. The fourth-order valence-electron chi connectivity index (χ4n) is 4.04. The molecule has 3 rings (SSSR count). The van der Waals surface area contributed by atoms with Crippen LogP contribution in [0, 0.1) is 0 Å². The Balaban J connectivity index is 1.96. The average molecular weight is 442 g/mol. The summed E-state index contributed by atoms with van der Waals surface area (Å²) in [6, 6.07) is 21.2. The standard InChI is InChI=1S/C30H35NO2/c1-19(2)25-16-26(20(3)4)28(27(17-25)21(5)6)29(32)23-13-10-14-24(15-23)30(33)31-18-22-11-8-7-9-12-22/h7-17,19-21H,18H2,1-6H3,(H,31,33). The Kier molecular flexibility index (Phi) is 7.86. The number of hydrogen-bond donors (Lipinski definition) is 1. The normalized spacial score (nSPS) is 11.3. The second kappa shape index (κ2) is 10.6. The van der Waals surface area contributed by atoms with Gasteiger partial charge >= 0.3 is 0 Å². The second-order valence-electron chi connectivity index (χ2n) is 9.62. The highest BCUT2D eigenvalue weighted by Gasteiger charge is 2.23. The highest BCUT2D eigenvalue weighted by Crippen LogP contribution is 2.33. The largest absolute Gasteiger partial charge is 0.348 e. The summed E-state index contributed by atoms with van der Waals surface area (Å²) in [5.74, 6) is 0.628. The van der Waals surface area contributed by atoms with Gasteiger partial charge in [0.2, 0.25) is 0 Å². The lowest BCUT2D eigenvalue weighted by atomic mass is 9.81. The summed E-state index contributed by atoms with van der Waals surface area (Å²) in [6.45, 7) is 13.3. The molecule has 3 aromatic rings. The molecule has 0 heterocycles. The predicted octanol–water partition coefficient (Wildman–Crippen LogP) is 7.22. The van der Waals surface area contributed by atoms with Crippen molar-refractivity contribution in [3.05, 3.63) is 106 Å². The molecule has 3 heteroatoms. The summed E-state index contributed by atoms with van der Waals surface area (Å²) in [5.41, 5.74) is 6.27. The van der Waals surface area contributed by atoms with Gasteiger partial charge in [0, 0.05) is 23.2 Å². The van der Waals surface area contributed by atoms with Crippen LogP contribution in [0.25, 0.3) is 0 Å². The zero-order valence-corrected chi connectivity index (χ0v) is 20.6. The van der Waals surface area contributed by atoms with E-state index in [2.05, 4.69) is 59.0 Å². The van der Waals surface area contributed by atoms with E-state index in [1.54, 1.807) is 24.3 Å². The van der Waals surface area contributed by atoms with Crippen LogP contribution in [0.5, 0.6) is 0 Å². The summed E-state index contributed by atoms with van der Waals surface area (Å²) in [6.07, 6.45) is 0. The van der Waals surface area contributed by atoms with Gasteiger partial charge in [-0.2, -0.15) is 0 Å². The van der Waals surface area contributed by atoms with Crippen molar-refractivity contribution in [2.75, 3.05) is 0 Å². The van der Waals surface area contributed by atoms with E-state index < -0.39 is 0 Å². The maximum absolute atomic E-state index is 13.8. The lowest BCUT2D eigenvalue weighted by molar-refractivity contribution is 0.0951. The Morgan fingerprint density at radius 1 is 0.697 bits per heavy atom. The van der Waals surface area contributed by atoms with Crippen molar-refractivity contribution < 1.29 is 9.59 Å². The average Bonchev–Trinajstić information content (AvgIpc) is 2.81. The number of amides is 1. The van der Waals surface area contributed by atoms with Gasteiger partial charge in [-0.3, -0.25) is 9.59 Å². The third-order valence-electron chi connectivity index (χ3n) is 6.04. The number of benzene rings is 3. The molecule has 1 N–H and O–H groups in total. The van der Waals surface area contributed by atoms with E-state index in [0.29, 0.717) is 23.6 Å². The van der Waals surface area contributed by atoms with E-state index in [0.717, 1.165) is 22.3 Å². The highest BCUT2D eigenvalue weighted by molar-refractivity contribution is 6.12. The Hall–Kier alpha value is -3.20. The Labute approximate surface area is 198 Å². The number of hydrogen-bond acceptors (Lipinski definition) is 2. The third-order valence-corrected chi connectivity index (χ3v) is 6.04. The summed E-state index contributed by atoms with van der Waals surface area (Å²) in [5, 5.41) is 2.95. The number of ketones is 1. The van der Waals surface area contributed by atoms with Crippen molar-refractivity contribution in [1.29, 1.82) is 0 Å². The molecule has 33 heavy (non-hydrogen) atoms. The number of rotatable bonds is 8. The smallest absolute Gasteiger partial charge is 0.251 e. The van der Waals surface area contributed by atoms with Crippen LogP contribution in [-0.2, 0) is 6.54 Å². The summed E-state index contributed by atoms with van der Waals surface area (Å²) >= 11 is 0.